The van der Waals surface area contributed by atoms with Crippen LogP contribution in [0.3, 0.4) is 0 Å². The quantitative estimate of drug-likeness (QED) is 0.842. The summed E-state index contributed by atoms with van der Waals surface area (Å²) in [5, 5.41) is 5.41. The number of rotatable bonds is 5. The number of hydrogen-bond acceptors (Lipinski definition) is 4. The van der Waals surface area contributed by atoms with Crippen LogP contribution in [0.2, 0.25) is 0 Å². The molecule has 0 saturated carbocycles. The Bertz CT molecular complexity index is 563. The summed E-state index contributed by atoms with van der Waals surface area (Å²) < 4.78 is 4.99. The van der Waals surface area contributed by atoms with E-state index >= 15 is 0 Å². The maximum Gasteiger partial charge on any atom is 0.338 e. The Kier molecular flexibility index (Phi) is 4.58. The highest BCUT2D eigenvalue weighted by Gasteiger charge is 2.07. The minimum atomic E-state index is -0.279. The number of esters is 1. The van der Waals surface area contributed by atoms with Gasteiger partial charge in [-0.05, 0) is 49.1 Å². The van der Waals surface area contributed by atoms with Crippen LogP contribution in [0.15, 0.2) is 35.7 Å². The van der Waals surface area contributed by atoms with Crippen molar-refractivity contribution in [3.8, 4) is 0 Å². The van der Waals surface area contributed by atoms with Crippen molar-refractivity contribution in [2.45, 2.75) is 20.4 Å². The van der Waals surface area contributed by atoms with Crippen LogP contribution in [-0.2, 0) is 11.3 Å². The van der Waals surface area contributed by atoms with Crippen LogP contribution in [0, 0.1) is 6.92 Å². The lowest BCUT2D eigenvalue weighted by atomic mass is 10.2. The first-order valence-electron chi connectivity index (χ1n) is 6.24. The maximum absolute atomic E-state index is 11.6. The minimum Gasteiger partial charge on any atom is -0.462 e. The number of nitrogens with one attached hydrogen (secondary N) is 1. The van der Waals surface area contributed by atoms with Crippen LogP contribution in [-0.4, -0.2) is 12.6 Å². The summed E-state index contributed by atoms with van der Waals surface area (Å²) in [7, 11) is 0. The molecule has 0 aliphatic carbocycles. The summed E-state index contributed by atoms with van der Waals surface area (Å²) in [6, 6.07) is 9.50. The van der Waals surface area contributed by atoms with Crippen molar-refractivity contribution in [2.24, 2.45) is 0 Å². The Hall–Kier alpha value is -1.81. The smallest absolute Gasteiger partial charge is 0.338 e. The van der Waals surface area contributed by atoms with Gasteiger partial charge in [0.2, 0.25) is 0 Å². The van der Waals surface area contributed by atoms with Gasteiger partial charge < -0.3 is 10.1 Å². The Labute approximate surface area is 117 Å². The average Bonchev–Trinajstić information content (AvgIpc) is 2.82. The zero-order valence-electron chi connectivity index (χ0n) is 11.1. The largest absolute Gasteiger partial charge is 0.462 e. The third kappa shape index (κ3) is 3.58. The first kappa shape index (κ1) is 13.6. The molecule has 0 aliphatic heterocycles. The van der Waals surface area contributed by atoms with E-state index < -0.39 is 0 Å². The molecule has 4 heteroatoms. The summed E-state index contributed by atoms with van der Waals surface area (Å²) in [6.45, 7) is 5.07. The van der Waals surface area contributed by atoms with Gasteiger partial charge in [0.1, 0.15) is 0 Å². The molecule has 2 aromatic rings. The van der Waals surface area contributed by atoms with E-state index in [1.54, 1.807) is 24.3 Å². The lowest BCUT2D eigenvalue weighted by Crippen LogP contribution is -2.05. The number of benzene rings is 1. The van der Waals surface area contributed by atoms with Crippen molar-refractivity contribution in [1.82, 2.24) is 0 Å². The highest BCUT2D eigenvalue weighted by Crippen LogP contribution is 2.18. The second kappa shape index (κ2) is 6.38. The topological polar surface area (TPSA) is 38.3 Å². The molecule has 0 unspecified atom stereocenters. The summed E-state index contributed by atoms with van der Waals surface area (Å²) in [6.07, 6.45) is 0. The number of hydrogen-bond donors (Lipinski definition) is 1. The van der Waals surface area contributed by atoms with Crippen LogP contribution in [0.5, 0.6) is 0 Å². The maximum atomic E-state index is 11.6. The first-order chi connectivity index (χ1) is 9.20. The monoisotopic (exact) mass is 275 g/mol. The van der Waals surface area contributed by atoms with Gasteiger partial charge in [0.05, 0.1) is 12.2 Å². The summed E-state index contributed by atoms with van der Waals surface area (Å²) in [5.41, 5.74) is 2.80. The lowest BCUT2D eigenvalue weighted by molar-refractivity contribution is 0.0526. The van der Waals surface area contributed by atoms with E-state index in [1.165, 1.54) is 10.4 Å². The molecule has 19 heavy (non-hydrogen) atoms. The number of aryl methyl sites for hydroxylation is 1. The molecule has 0 fully saturated rings. The number of carbonyl (C=O) groups excluding carboxylic acids is 1. The van der Waals surface area contributed by atoms with E-state index in [4.69, 9.17) is 4.74 Å². The van der Waals surface area contributed by atoms with Crippen LogP contribution in [0.25, 0.3) is 0 Å². The van der Waals surface area contributed by atoms with E-state index in [2.05, 4.69) is 23.7 Å². The predicted octanol–water partition coefficient (Wildman–Crippen LogP) is 3.85. The van der Waals surface area contributed by atoms with Crippen LogP contribution < -0.4 is 5.32 Å². The van der Waals surface area contributed by atoms with E-state index in [1.807, 2.05) is 18.2 Å². The zero-order chi connectivity index (χ0) is 13.7. The zero-order valence-corrected chi connectivity index (χ0v) is 11.9. The molecule has 0 bridgehead atoms. The Morgan fingerprint density at radius 2 is 2.21 bits per heavy atom. The van der Waals surface area contributed by atoms with E-state index in [0.29, 0.717) is 12.2 Å². The molecule has 1 heterocycles. The van der Waals surface area contributed by atoms with Crippen molar-refractivity contribution in [1.29, 1.82) is 0 Å². The van der Waals surface area contributed by atoms with Gasteiger partial charge in [-0.25, -0.2) is 4.79 Å². The molecule has 1 aromatic heterocycles. The molecule has 100 valence electrons. The second-order valence-electron chi connectivity index (χ2n) is 4.18. The molecule has 1 N–H and O–H groups in total. The molecule has 2 rings (SSSR count). The number of anilines is 1. The van der Waals surface area contributed by atoms with E-state index in [0.717, 1.165) is 12.2 Å². The summed E-state index contributed by atoms with van der Waals surface area (Å²) >= 11 is 1.73. The fourth-order valence-electron chi connectivity index (χ4n) is 1.74. The molecule has 3 nitrogen and oxygen atoms in total. The third-order valence-electron chi connectivity index (χ3n) is 2.79. The molecule has 1 aromatic carbocycles. The third-order valence-corrected chi connectivity index (χ3v) is 3.82. The van der Waals surface area contributed by atoms with Crippen molar-refractivity contribution in [3.63, 3.8) is 0 Å². The minimum absolute atomic E-state index is 0.279. The molecule has 0 spiro atoms. The van der Waals surface area contributed by atoms with Gasteiger partial charge in [0.15, 0.2) is 0 Å². The predicted molar refractivity (Wildman–Crippen MR) is 78.8 cm³/mol. The van der Waals surface area contributed by atoms with Gasteiger partial charge in [-0.15, -0.1) is 11.3 Å². The van der Waals surface area contributed by atoms with Crippen molar-refractivity contribution in [2.75, 3.05) is 11.9 Å². The van der Waals surface area contributed by atoms with Gasteiger partial charge in [-0.2, -0.15) is 0 Å². The molecule has 0 radical (unpaired) electrons. The Morgan fingerprint density at radius 3 is 2.89 bits per heavy atom. The Balaban J connectivity index is 2.03. The van der Waals surface area contributed by atoms with Crippen LogP contribution >= 0.6 is 11.3 Å². The Morgan fingerprint density at radius 1 is 1.37 bits per heavy atom. The SMILES string of the molecule is CCOC(=O)c1cccc(NCc2sccc2C)c1. The molecular formula is C15H17NO2S. The normalized spacial score (nSPS) is 10.2. The van der Waals surface area contributed by atoms with Crippen molar-refractivity contribution in [3.05, 3.63) is 51.7 Å². The fourth-order valence-corrected chi connectivity index (χ4v) is 2.58. The first-order valence-corrected chi connectivity index (χ1v) is 7.12. The highest BCUT2D eigenvalue weighted by molar-refractivity contribution is 7.10. The number of ether oxygens (including phenoxy) is 1. The van der Waals surface area contributed by atoms with Gasteiger partial charge in [-0.1, -0.05) is 6.07 Å². The van der Waals surface area contributed by atoms with E-state index in [-0.39, 0.29) is 5.97 Å². The standard InChI is InChI=1S/C15H17NO2S/c1-3-18-15(17)12-5-4-6-13(9-12)16-10-14-11(2)7-8-19-14/h4-9,16H,3,10H2,1-2H3. The van der Waals surface area contributed by atoms with E-state index in [9.17, 15) is 4.79 Å². The number of carbonyl (C=O) groups is 1. The molecule has 0 atom stereocenters. The average molecular weight is 275 g/mol. The molecule has 0 aliphatic rings. The summed E-state index contributed by atoms with van der Waals surface area (Å²) in [5.74, 6) is -0.279. The molecular weight excluding hydrogens is 258 g/mol. The molecule has 0 amide bonds. The highest BCUT2D eigenvalue weighted by atomic mass is 32.1. The van der Waals surface area contributed by atoms with Gasteiger partial charge in [0, 0.05) is 17.1 Å². The second-order valence-corrected chi connectivity index (χ2v) is 5.18. The lowest BCUT2D eigenvalue weighted by Gasteiger charge is -2.08. The van der Waals surface area contributed by atoms with Crippen LogP contribution in [0.1, 0.15) is 27.7 Å². The van der Waals surface area contributed by atoms with Crippen molar-refractivity contribution < 1.29 is 9.53 Å². The van der Waals surface area contributed by atoms with Crippen LogP contribution in [0.4, 0.5) is 5.69 Å². The van der Waals surface area contributed by atoms with Gasteiger partial charge in [0.25, 0.3) is 0 Å². The number of thiophene rings is 1. The van der Waals surface area contributed by atoms with Gasteiger partial charge in [-0.3, -0.25) is 0 Å². The fraction of sp³-hybridized carbons (Fsp3) is 0.267. The summed E-state index contributed by atoms with van der Waals surface area (Å²) in [4.78, 5) is 12.9. The van der Waals surface area contributed by atoms with Gasteiger partial charge >= 0.3 is 5.97 Å². The molecule has 0 saturated heterocycles. The van der Waals surface area contributed by atoms with Crippen molar-refractivity contribution >= 4 is 23.0 Å².